The van der Waals surface area contributed by atoms with Crippen LogP contribution in [-0.2, 0) is 19.1 Å². The number of nitrogens with one attached hydrogen (secondary N) is 1. The first-order chi connectivity index (χ1) is 9.15. The fourth-order valence-electron chi connectivity index (χ4n) is 1.52. The van der Waals surface area contributed by atoms with Crippen LogP contribution >= 0.6 is 0 Å². The Balaban J connectivity index is 2.05. The van der Waals surface area contributed by atoms with Crippen molar-refractivity contribution in [2.75, 3.05) is 32.9 Å². The Morgan fingerprint density at radius 3 is 2.58 bits per heavy atom. The van der Waals surface area contributed by atoms with Crippen LogP contribution in [0.15, 0.2) is 12.2 Å². The summed E-state index contributed by atoms with van der Waals surface area (Å²) in [4.78, 5) is 34.9. The van der Waals surface area contributed by atoms with Crippen molar-refractivity contribution in [2.24, 2.45) is 0 Å². The molecule has 0 aliphatic carbocycles. The highest BCUT2D eigenvalue weighted by Gasteiger charge is 2.23. The van der Waals surface area contributed by atoms with Gasteiger partial charge in [-0.2, -0.15) is 0 Å². The third kappa shape index (κ3) is 5.62. The van der Waals surface area contributed by atoms with E-state index < -0.39 is 0 Å². The third-order valence-electron chi connectivity index (χ3n) is 2.49. The lowest BCUT2D eigenvalue weighted by molar-refractivity contribution is -0.137. The number of carbonyl (C=O) groups is 3. The molecule has 1 heterocycles. The highest BCUT2D eigenvalue weighted by molar-refractivity contribution is 6.13. The Hall–Kier alpha value is -1.73. The van der Waals surface area contributed by atoms with E-state index in [4.69, 9.17) is 9.84 Å². The summed E-state index contributed by atoms with van der Waals surface area (Å²) in [5.74, 6) is -0.972. The zero-order valence-electron chi connectivity index (χ0n) is 10.6. The van der Waals surface area contributed by atoms with E-state index >= 15 is 0 Å². The first-order valence-corrected chi connectivity index (χ1v) is 6.14. The van der Waals surface area contributed by atoms with E-state index in [-0.39, 0.29) is 37.3 Å². The summed E-state index contributed by atoms with van der Waals surface area (Å²) in [5.41, 5.74) is 0. The molecule has 19 heavy (non-hydrogen) atoms. The number of hydrogen-bond acceptors (Lipinski definition) is 5. The van der Waals surface area contributed by atoms with E-state index in [1.807, 2.05) is 0 Å². The van der Waals surface area contributed by atoms with Crippen LogP contribution in [0.5, 0.6) is 0 Å². The van der Waals surface area contributed by atoms with Gasteiger partial charge in [0.2, 0.25) is 5.91 Å². The van der Waals surface area contributed by atoms with E-state index in [1.54, 1.807) is 0 Å². The standard InChI is InChI=1S/C12H18N2O5/c15-7-9-19-8-1-5-13-10(16)4-6-14-11(17)2-3-12(14)18/h2-3,15H,1,4-9H2,(H,13,16). The van der Waals surface area contributed by atoms with E-state index in [1.165, 1.54) is 12.2 Å². The number of aliphatic hydroxyl groups excluding tert-OH is 1. The molecule has 1 rings (SSSR count). The normalized spacial score (nSPS) is 14.3. The molecule has 0 atom stereocenters. The molecule has 0 aromatic carbocycles. The van der Waals surface area contributed by atoms with Gasteiger partial charge >= 0.3 is 0 Å². The van der Waals surface area contributed by atoms with Gasteiger partial charge in [-0.05, 0) is 6.42 Å². The van der Waals surface area contributed by atoms with Crippen molar-refractivity contribution in [1.82, 2.24) is 10.2 Å². The second kappa shape index (κ2) is 8.39. The first kappa shape index (κ1) is 15.3. The molecule has 2 N–H and O–H groups in total. The van der Waals surface area contributed by atoms with Crippen molar-refractivity contribution in [3.63, 3.8) is 0 Å². The first-order valence-electron chi connectivity index (χ1n) is 6.14. The maximum Gasteiger partial charge on any atom is 0.253 e. The maximum atomic E-state index is 11.4. The van der Waals surface area contributed by atoms with Crippen LogP contribution in [0.4, 0.5) is 0 Å². The number of hydrogen-bond donors (Lipinski definition) is 2. The summed E-state index contributed by atoms with van der Waals surface area (Å²) < 4.78 is 5.03. The molecule has 3 amide bonds. The Morgan fingerprint density at radius 1 is 1.26 bits per heavy atom. The van der Waals surface area contributed by atoms with Gasteiger partial charge in [0.15, 0.2) is 0 Å². The lowest BCUT2D eigenvalue weighted by Gasteiger charge is -2.13. The molecule has 0 spiro atoms. The van der Waals surface area contributed by atoms with Crippen LogP contribution in [0, 0.1) is 0 Å². The van der Waals surface area contributed by atoms with E-state index in [9.17, 15) is 14.4 Å². The highest BCUT2D eigenvalue weighted by atomic mass is 16.5. The molecule has 1 aliphatic rings. The van der Waals surface area contributed by atoms with Crippen LogP contribution in [-0.4, -0.2) is 60.6 Å². The van der Waals surface area contributed by atoms with Crippen molar-refractivity contribution in [3.8, 4) is 0 Å². The number of imide groups is 1. The van der Waals surface area contributed by atoms with Gasteiger partial charge in [0.25, 0.3) is 11.8 Å². The second-order valence-corrected chi connectivity index (χ2v) is 3.95. The van der Waals surface area contributed by atoms with Crippen LogP contribution in [0.2, 0.25) is 0 Å². The lowest BCUT2D eigenvalue weighted by atomic mass is 10.3. The predicted octanol–water partition coefficient (Wildman–Crippen LogP) is -1.18. The van der Waals surface area contributed by atoms with E-state index in [0.29, 0.717) is 26.2 Å². The molecular weight excluding hydrogens is 252 g/mol. The van der Waals surface area contributed by atoms with Crippen molar-refractivity contribution in [3.05, 3.63) is 12.2 Å². The Bertz CT molecular complexity index is 349. The minimum atomic E-state index is -0.379. The van der Waals surface area contributed by atoms with Gasteiger partial charge in [0.05, 0.1) is 13.2 Å². The summed E-state index contributed by atoms with van der Waals surface area (Å²) >= 11 is 0. The fraction of sp³-hybridized carbons (Fsp3) is 0.583. The zero-order valence-corrected chi connectivity index (χ0v) is 10.6. The quantitative estimate of drug-likeness (QED) is 0.406. The molecule has 7 heteroatoms. The summed E-state index contributed by atoms with van der Waals surface area (Å²) in [6.07, 6.45) is 3.13. The number of carbonyl (C=O) groups excluding carboxylic acids is 3. The third-order valence-corrected chi connectivity index (χ3v) is 2.49. The molecule has 1 aliphatic heterocycles. The molecule has 0 bridgehead atoms. The largest absolute Gasteiger partial charge is 0.394 e. The molecule has 0 fully saturated rings. The van der Waals surface area contributed by atoms with Crippen molar-refractivity contribution in [1.29, 1.82) is 0 Å². The monoisotopic (exact) mass is 270 g/mol. The average Bonchev–Trinajstić information content (AvgIpc) is 2.71. The molecule has 0 radical (unpaired) electrons. The minimum Gasteiger partial charge on any atom is -0.394 e. The highest BCUT2D eigenvalue weighted by Crippen LogP contribution is 2.03. The van der Waals surface area contributed by atoms with Gasteiger partial charge in [-0.1, -0.05) is 0 Å². The zero-order chi connectivity index (χ0) is 14.1. The van der Waals surface area contributed by atoms with Crippen molar-refractivity contribution < 1.29 is 24.2 Å². The number of rotatable bonds is 9. The number of ether oxygens (including phenoxy) is 1. The van der Waals surface area contributed by atoms with E-state index in [2.05, 4.69) is 5.32 Å². The molecular formula is C12H18N2O5. The van der Waals surface area contributed by atoms with Gasteiger partial charge in [-0.15, -0.1) is 0 Å². The van der Waals surface area contributed by atoms with Crippen LogP contribution < -0.4 is 5.32 Å². The summed E-state index contributed by atoms with van der Waals surface area (Å²) in [6.45, 7) is 1.30. The molecule has 0 unspecified atom stereocenters. The average molecular weight is 270 g/mol. The number of nitrogens with zero attached hydrogens (tertiary/aromatic N) is 1. The summed E-state index contributed by atoms with van der Waals surface area (Å²) in [6, 6.07) is 0. The van der Waals surface area contributed by atoms with Gasteiger partial charge in [0.1, 0.15) is 0 Å². The SMILES string of the molecule is O=C(CCN1C(=O)C=CC1=O)NCCCOCCO. The smallest absolute Gasteiger partial charge is 0.253 e. The second-order valence-electron chi connectivity index (χ2n) is 3.95. The Kier molecular flexibility index (Phi) is 6.76. The number of amides is 3. The van der Waals surface area contributed by atoms with Gasteiger partial charge in [0, 0.05) is 38.3 Å². The lowest BCUT2D eigenvalue weighted by Crippen LogP contribution is -2.35. The topological polar surface area (TPSA) is 95.9 Å². The summed E-state index contributed by atoms with van der Waals surface area (Å²) in [7, 11) is 0. The van der Waals surface area contributed by atoms with Gasteiger partial charge in [-0.3, -0.25) is 19.3 Å². The van der Waals surface area contributed by atoms with Crippen molar-refractivity contribution >= 4 is 17.7 Å². The van der Waals surface area contributed by atoms with Gasteiger partial charge in [-0.25, -0.2) is 0 Å². The van der Waals surface area contributed by atoms with Crippen LogP contribution in [0.3, 0.4) is 0 Å². The van der Waals surface area contributed by atoms with Crippen molar-refractivity contribution in [2.45, 2.75) is 12.8 Å². The molecule has 0 aromatic rings. The fourth-order valence-corrected chi connectivity index (χ4v) is 1.52. The molecule has 0 saturated carbocycles. The maximum absolute atomic E-state index is 11.4. The number of aliphatic hydroxyl groups is 1. The Morgan fingerprint density at radius 2 is 1.95 bits per heavy atom. The van der Waals surface area contributed by atoms with Crippen LogP contribution in [0.1, 0.15) is 12.8 Å². The molecule has 106 valence electrons. The molecule has 0 aromatic heterocycles. The molecule has 0 saturated heterocycles. The Labute approximate surface area is 111 Å². The van der Waals surface area contributed by atoms with Gasteiger partial charge < -0.3 is 15.2 Å². The minimum absolute atomic E-state index is 0.0156. The summed E-state index contributed by atoms with van der Waals surface area (Å²) in [5, 5.41) is 11.1. The molecule has 7 nitrogen and oxygen atoms in total. The predicted molar refractivity (Wildman–Crippen MR) is 66.0 cm³/mol. The van der Waals surface area contributed by atoms with E-state index in [0.717, 1.165) is 4.90 Å². The van der Waals surface area contributed by atoms with Crippen LogP contribution in [0.25, 0.3) is 0 Å².